The number of quaternary nitrogens is 1. The van der Waals surface area contributed by atoms with E-state index in [1.165, 1.54) is 6.42 Å². The number of anilines is 1. The minimum absolute atomic E-state index is 0.221. The summed E-state index contributed by atoms with van der Waals surface area (Å²) in [7, 11) is 0. The molecule has 1 aliphatic heterocycles. The van der Waals surface area contributed by atoms with Crippen LogP contribution in [0.2, 0.25) is 0 Å². The van der Waals surface area contributed by atoms with Crippen molar-refractivity contribution in [3.05, 3.63) is 29.6 Å². The molecule has 1 aromatic carbocycles. The number of rotatable bonds is 3. The predicted molar refractivity (Wildman–Crippen MR) is 64.4 cm³/mol. The number of piperidine rings is 1. The summed E-state index contributed by atoms with van der Waals surface area (Å²) in [4.78, 5) is 12.8. The highest BCUT2D eigenvalue weighted by Gasteiger charge is 2.19. The molecule has 0 aromatic heterocycles. The van der Waals surface area contributed by atoms with Crippen LogP contribution in [-0.4, -0.2) is 25.5 Å². The summed E-state index contributed by atoms with van der Waals surface area (Å²) in [5.41, 5.74) is -0.319. The molecule has 1 heterocycles. The predicted octanol–water partition coefficient (Wildman–Crippen LogP) is 1.11. The molecule has 0 atom stereocenters. The number of carbonyl (C=O) groups excluding carboxylic acids is 1. The molecular formula is C13H16F3N2O+. The van der Waals surface area contributed by atoms with Crippen LogP contribution in [0.4, 0.5) is 18.9 Å². The van der Waals surface area contributed by atoms with Crippen molar-refractivity contribution >= 4 is 11.6 Å². The van der Waals surface area contributed by atoms with Crippen LogP contribution < -0.4 is 10.2 Å². The molecule has 1 saturated heterocycles. The molecule has 0 spiro atoms. The standard InChI is InChI=1S/C13H15F3N2O/c14-9-4-5-10(13(16)12(9)15)17-11(19)8-18-6-2-1-3-7-18/h4-5H,1-3,6-8H2,(H,17,19)/p+1. The van der Waals surface area contributed by atoms with Crippen LogP contribution in [0.3, 0.4) is 0 Å². The quantitative estimate of drug-likeness (QED) is 0.795. The molecule has 1 aliphatic rings. The van der Waals surface area contributed by atoms with Gasteiger partial charge in [-0.15, -0.1) is 0 Å². The number of hydrogen-bond acceptors (Lipinski definition) is 1. The van der Waals surface area contributed by atoms with Gasteiger partial charge >= 0.3 is 0 Å². The SMILES string of the molecule is O=C(C[NH+]1CCCCC1)Nc1ccc(F)c(F)c1F. The average Bonchev–Trinajstić information content (AvgIpc) is 2.41. The number of hydrogen-bond donors (Lipinski definition) is 2. The Balaban J connectivity index is 1.97. The van der Waals surface area contributed by atoms with Crippen LogP contribution >= 0.6 is 0 Å². The minimum Gasteiger partial charge on any atom is -0.327 e. The van der Waals surface area contributed by atoms with Crippen LogP contribution in [0.5, 0.6) is 0 Å². The van der Waals surface area contributed by atoms with E-state index < -0.39 is 17.5 Å². The number of likely N-dealkylation sites (tertiary alicyclic amines) is 1. The second kappa shape index (κ2) is 6.06. The first kappa shape index (κ1) is 13.9. The lowest BCUT2D eigenvalue weighted by Crippen LogP contribution is -3.13. The number of nitrogens with one attached hydrogen (secondary N) is 2. The zero-order chi connectivity index (χ0) is 13.8. The average molecular weight is 273 g/mol. The summed E-state index contributed by atoms with van der Waals surface area (Å²) in [6, 6.07) is 1.82. The lowest BCUT2D eigenvalue weighted by molar-refractivity contribution is -0.896. The molecule has 3 nitrogen and oxygen atoms in total. The smallest absolute Gasteiger partial charge is 0.279 e. The van der Waals surface area contributed by atoms with Crippen molar-refractivity contribution in [3.8, 4) is 0 Å². The third-order valence-electron chi connectivity index (χ3n) is 3.28. The first-order valence-electron chi connectivity index (χ1n) is 6.35. The molecule has 0 bridgehead atoms. The molecule has 2 rings (SSSR count). The molecule has 1 fully saturated rings. The molecule has 0 saturated carbocycles. The summed E-state index contributed by atoms with van der Waals surface area (Å²) < 4.78 is 39.1. The van der Waals surface area contributed by atoms with Crippen molar-refractivity contribution in [2.75, 3.05) is 25.0 Å². The Hall–Kier alpha value is -1.56. The highest BCUT2D eigenvalue weighted by atomic mass is 19.2. The van der Waals surface area contributed by atoms with Gasteiger partial charge in [-0.3, -0.25) is 4.79 Å². The first-order chi connectivity index (χ1) is 9.08. The molecule has 104 valence electrons. The number of halogens is 3. The van der Waals surface area contributed by atoms with E-state index in [1.807, 2.05) is 0 Å². The molecule has 19 heavy (non-hydrogen) atoms. The van der Waals surface area contributed by atoms with Crippen molar-refractivity contribution in [2.24, 2.45) is 0 Å². The van der Waals surface area contributed by atoms with Gasteiger partial charge in [0.2, 0.25) is 0 Å². The highest BCUT2D eigenvalue weighted by Crippen LogP contribution is 2.19. The van der Waals surface area contributed by atoms with E-state index >= 15 is 0 Å². The van der Waals surface area contributed by atoms with E-state index in [4.69, 9.17) is 0 Å². The second-order valence-corrected chi connectivity index (χ2v) is 4.76. The van der Waals surface area contributed by atoms with E-state index in [-0.39, 0.29) is 18.1 Å². The fourth-order valence-corrected chi connectivity index (χ4v) is 2.27. The number of benzene rings is 1. The van der Waals surface area contributed by atoms with E-state index in [1.54, 1.807) is 0 Å². The highest BCUT2D eigenvalue weighted by molar-refractivity contribution is 5.91. The zero-order valence-electron chi connectivity index (χ0n) is 10.4. The Labute approximate surface area is 109 Å². The Morgan fingerprint density at radius 3 is 2.47 bits per heavy atom. The monoisotopic (exact) mass is 273 g/mol. The second-order valence-electron chi connectivity index (χ2n) is 4.76. The van der Waals surface area contributed by atoms with E-state index in [0.717, 1.165) is 43.0 Å². The number of amides is 1. The van der Waals surface area contributed by atoms with Crippen LogP contribution in [-0.2, 0) is 4.79 Å². The maximum absolute atomic E-state index is 13.4. The summed E-state index contributed by atoms with van der Waals surface area (Å²) in [5.74, 6) is -4.58. The van der Waals surface area contributed by atoms with Gasteiger partial charge in [-0.1, -0.05) is 0 Å². The Morgan fingerprint density at radius 2 is 1.79 bits per heavy atom. The molecule has 1 amide bonds. The summed E-state index contributed by atoms with van der Waals surface area (Å²) >= 11 is 0. The normalized spacial score (nSPS) is 16.4. The molecule has 1 aromatic rings. The summed E-state index contributed by atoms with van der Waals surface area (Å²) in [6.45, 7) is 2.04. The van der Waals surface area contributed by atoms with Gasteiger partial charge in [0.05, 0.1) is 18.8 Å². The molecule has 0 radical (unpaired) electrons. The lowest BCUT2D eigenvalue weighted by Gasteiger charge is -2.22. The van der Waals surface area contributed by atoms with Crippen LogP contribution in [0.15, 0.2) is 12.1 Å². The molecule has 0 unspecified atom stereocenters. The third-order valence-corrected chi connectivity index (χ3v) is 3.28. The van der Waals surface area contributed by atoms with Gasteiger partial charge in [-0.05, 0) is 31.4 Å². The van der Waals surface area contributed by atoms with Crippen molar-refractivity contribution in [1.82, 2.24) is 0 Å². The molecule has 6 heteroatoms. The van der Waals surface area contributed by atoms with Gasteiger partial charge in [0, 0.05) is 0 Å². The number of carbonyl (C=O) groups is 1. The fraction of sp³-hybridized carbons (Fsp3) is 0.462. The first-order valence-corrected chi connectivity index (χ1v) is 6.35. The summed E-state index contributed by atoms with van der Waals surface area (Å²) in [5, 5.41) is 2.28. The van der Waals surface area contributed by atoms with Gasteiger partial charge in [-0.25, -0.2) is 13.2 Å². The topological polar surface area (TPSA) is 33.5 Å². The summed E-state index contributed by atoms with van der Waals surface area (Å²) in [6.07, 6.45) is 3.31. The fourth-order valence-electron chi connectivity index (χ4n) is 2.27. The van der Waals surface area contributed by atoms with Crippen LogP contribution in [0.25, 0.3) is 0 Å². The van der Waals surface area contributed by atoms with E-state index in [2.05, 4.69) is 5.32 Å². The van der Waals surface area contributed by atoms with Crippen LogP contribution in [0.1, 0.15) is 19.3 Å². The van der Waals surface area contributed by atoms with Gasteiger partial charge in [0.1, 0.15) is 0 Å². The molecule has 0 aliphatic carbocycles. The lowest BCUT2D eigenvalue weighted by atomic mass is 10.1. The maximum atomic E-state index is 13.4. The van der Waals surface area contributed by atoms with Crippen molar-refractivity contribution in [1.29, 1.82) is 0 Å². The Kier molecular flexibility index (Phi) is 4.42. The van der Waals surface area contributed by atoms with E-state index in [9.17, 15) is 18.0 Å². The van der Waals surface area contributed by atoms with Crippen molar-refractivity contribution < 1.29 is 22.9 Å². The third kappa shape index (κ3) is 3.47. The van der Waals surface area contributed by atoms with Crippen molar-refractivity contribution in [3.63, 3.8) is 0 Å². The Bertz CT molecular complexity index is 473. The van der Waals surface area contributed by atoms with Gasteiger partial charge in [-0.2, -0.15) is 0 Å². The maximum Gasteiger partial charge on any atom is 0.279 e. The minimum atomic E-state index is -1.57. The van der Waals surface area contributed by atoms with Crippen molar-refractivity contribution in [2.45, 2.75) is 19.3 Å². The largest absolute Gasteiger partial charge is 0.327 e. The molecular weight excluding hydrogens is 257 g/mol. The zero-order valence-corrected chi connectivity index (χ0v) is 10.4. The molecule has 2 N–H and O–H groups in total. The van der Waals surface area contributed by atoms with Gasteiger partial charge < -0.3 is 10.2 Å². The van der Waals surface area contributed by atoms with Gasteiger partial charge in [0.25, 0.3) is 5.91 Å². The Morgan fingerprint density at radius 1 is 1.11 bits per heavy atom. The van der Waals surface area contributed by atoms with E-state index in [0.29, 0.717) is 0 Å². The van der Waals surface area contributed by atoms with Crippen LogP contribution in [0, 0.1) is 17.5 Å². The van der Waals surface area contributed by atoms with Gasteiger partial charge in [0.15, 0.2) is 24.0 Å².